The molecule has 2 unspecified atom stereocenters. The SMILES string of the molecule is CCn1ncnc1CC(CC1CN(C)CCN1C)NN. The average molecular weight is 281 g/mol. The van der Waals surface area contributed by atoms with Gasteiger partial charge in [0.25, 0.3) is 0 Å². The minimum Gasteiger partial charge on any atom is -0.304 e. The van der Waals surface area contributed by atoms with Gasteiger partial charge in [-0.3, -0.25) is 16.0 Å². The summed E-state index contributed by atoms with van der Waals surface area (Å²) in [6.07, 6.45) is 3.46. The monoisotopic (exact) mass is 281 g/mol. The van der Waals surface area contributed by atoms with E-state index in [2.05, 4.69) is 46.3 Å². The van der Waals surface area contributed by atoms with E-state index in [1.807, 2.05) is 4.68 Å². The first-order chi connectivity index (χ1) is 9.63. The van der Waals surface area contributed by atoms with E-state index in [4.69, 9.17) is 5.84 Å². The summed E-state index contributed by atoms with van der Waals surface area (Å²) >= 11 is 0. The molecular formula is C13H27N7. The van der Waals surface area contributed by atoms with Crippen LogP contribution in [0.15, 0.2) is 6.33 Å². The number of piperazine rings is 1. The van der Waals surface area contributed by atoms with E-state index < -0.39 is 0 Å². The smallest absolute Gasteiger partial charge is 0.138 e. The van der Waals surface area contributed by atoms with E-state index in [-0.39, 0.29) is 6.04 Å². The lowest BCUT2D eigenvalue weighted by atomic mass is 10.0. The molecule has 20 heavy (non-hydrogen) atoms. The molecule has 0 saturated carbocycles. The summed E-state index contributed by atoms with van der Waals surface area (Å²) in [6.45, 7) is 6.27. The third-order valence-corrected chi connectivity index (χ3v) is 4.20. The number of hydrogen-bond donors (Lipinski definition) is 2. The highest BCUT2D eigenvalue weighted by Crippen LogP contribution is 2.13. The number of aromatic nitrogens is 3. The van der Waals surface area contributed by atoms with Crippen LogP contribution in [0.1, 0.15) is 19.2 Å². The van der Waals surface area contributed by atoms with Gasteiger partial charge in [-0.15, -0.1) is 0 Å². The van der Waals surface area contributed by atoms with Gasteiger partial charge in [-0.25, -0.2) is 4.98 Å². The van der Waals surface area contributed by atoms with Crippen molar-refractivity contribution in [1.29, 1.82) is 0 Å². The van der Waals surface area contributed by atoms with Gasteiger partial charge < -0.3 is 9.80 Å². The fourth-order valence-corrected chi connectivity index (χ4v) is 2.83. The van der Waals surface area contributed by atoms with Crippen LogP contribution >= 0.6 is 0 Å². The molecule has 1 aromatic rings. The summed E-state index contributed by atoms with van der Waals surface area (Å²) in [5.41, 5.74) is 2.95. The van der Waals surface area contributed by atoms with Crippen LogP contribution in [0.3, 0.4) is 0 Å². The lowest BCUT2D eigenvalue weighted by Crippen LogP contribution is -2.53. The van der Waals surface area contributed by atoms with Crippen LogP contribution in [0.2, 0.25) is 0 Å². The van der Waals surface area contributed by atoms with Crippen LogP contribution in [0.4, 0.5) is 0 Å². The minimum atomic E-state index is 0.225. The number of likely N-dealkylation sites (N-methyl/N-ethyl adjacent to an activating group) is 2. The first-order valence-electron chi connectivity index (χ1n) is 7.35. The second-order valence-corrected chi connectivity index (χ2v) is 5.69. The van der Waals surface area contributed by atoms with E-state index in [9.17, 15) is 0 Å². The van der Waals surface area contributed by atoms with Crippen molar-refractivity contribution in [2.75, 3.05) is 33.7 Å². The lowest BCUT2D eigenvalue weighted by Gasteiger charge is -2.39. The number of nitrogens with one attached hydrogen (secondary N) is 1. The van der Waals surface area contributed by atoms with E-state index >= 15 is 0 Å². The Labute approximate surface area is 121 Å². The normalized spacial score (nSPS) is 23.1. The molecule has 0 aromatic carbocycles. The van der Waals surface area contributed by atoms with Gasteiger partial charge in [-0.05, 0) is 27.4 Å². The molecule has 2 rings (SSSR count). The molecule has 0 radical (unpaired) electrons. The van der Waals surface area contributed by atoms with Crippen LogP contribution < -0.4 is 11.3 Å². The number of hydrogen-bond acceptors (Lipinski definition) is 6. The molecular weight excluding hydrogens is 254 g/mol. The summed E-state index contributed by atoms with van der Waals surface area (Å²) in [5.74, 6) is 6.74. The van der Waals surface area contributed by atoms with Gasteiger partial charge in [0, 0.05) is 44.7 Å². The maximum atomic E-state index is 5.74. The second kappa shape index (κ2) is 7.12. The zero-order chi connectivity index (χ0) is 14.5. The number of aryl methyl sites for hydroxylation is 1. The van der Waals surface area contributed by atoms with Gasteiger partial charge >= 0.3 is 0 Å². The fourth-order valence-electron chi connectivity index (χ4n) is 2.83. The standard InChI is InChI=1S/C13H27N7/c1-4-20-13(15-10-16-20)8-11(17-14)7-12-9-18(2)5-6-19(12)3/h10-12,17H,4-9,14H2,1-3H3. The predicted molar refractivity (Wildman–Crippen MR) is 79.0 cm³/mol. The van der Waals surface area contributed by atoms with Gasteiger partial charge in [0.05, 0.1) is 0 Å². The van der Waals surface area contributed by atoms with Gasteiger partial charge in [-0.2, -0.15) is 5.10 Å². The highest BCUT2D eigenvalue weighted by Gasteiger charge is 2.25. The Morgan fingerprint density at radius 1 is 1.45 bits per heavy atom. The topological polar surface area (TPSA) is 75.2 Å². The van der Waals surface area contributed by atoms with Crippen LogP contribution in [-0.2, 0) is 13.0 Å². The number of nitrogens with zero attached hydrogens (tertiary/aromatic N) is 5. The Hall–Kier alpha value is -1.02. The van der Waals surface area contributed by atoms with E-state index in [0.29, 0.717) is 6.04 Å². The molecule has 1 saturated heterocycles. The Kier molecular flexibility index (Phi) is 5.47. The Morgan fingerprint density at radius 3 is 2.95 bits per heavy atom. The van der Waals surface area contributed by atoms with Crippen LogP contribution in [0.5, 0.6) is 0 Å². The first-order valence-corrected chi connectivity index (χ1v) is 7.35. The molecule has 3 N–H and O–H groups in total. The van der Waals surface area contributed by atoms with Crippen LogP contribution in [0, 0.1) is 0 Å². The van der Waals surface area contributed by atoms with Gasteiger partial charge in [0.1, 0.15) is 12.2 Å². The first kappa shape index (κ1) is 15.4. The molecule has 0 aliphatic carbocycles. The van der Waals surface area contributed by atoms with E-state index in [1.165, 1.54) is 0 Å². The average Bonchev–Trinajstić information content (AvgIpc) is 2.89. The number of hydrazine groups is 1. The highest BCUT2D eigenvalue weighted by atomic mass is 15.3. The summed E-state index contributed by atoms with van der Waals surface area (Å²) < 4.78 is 1.93. The molecule has 2 heterocycles. The van der Waals surface area contributed by atoms with Crippen LogP contribution in [-0.4, -0.2) is 70.4 Å². The van der Waals surface area contributed by atoms with Gasteiger partial charge in [-0.1, -0.05) is 0 Å². The van der Waals surface area contributed by atoms with E-state index in [1.54, 1.807) is 6.33 Å². The summed E-state index contributed by atoms with van der Waals surface area (Å²) in [6, 6.07) is 0.760. The molecule has 2 atom stereocenters. The Morgan fingerprint density at radius 2 is 2.25 bits per heavy atom. The quantitative estimate of drug-likeness (QED) is 0.531. The fraction of sp³-hybridized carbons (Fsp3) is 0.846. The van der Waals surface area contributed by atoms with Crippen molar-refractivity contribution in [2.24, 2.45) is 5.84 Å². The summed E-state index contributed by atoms with van der Waals surface area (Å²) in [7, 11) is 4.37. The maximum Gasteiger partial charge on any atom is 0.138 e. The minimum absolute atomic E-state index is 0.225. The summed E-state index contributed by atoms with van der Waals surface area (Å²) in [4.78, 5) is 9.14. The van der Waals surface area contributed by atoms with Crippen molar-refractivity contribution in [2.45, 2.75) is 38.4 Å². The molecule has 7 nitrogen and oxygen atoms in total. The van der Waals surface area contributed by atoms with Crippen molar-refractivity contribution >= 4 is 0 Å². The molecule has 1 aromatic heterocycles. The van der Waals surface area contributed by atoms with Crippen molar-refractivity contribution in [3.8, 4) is 0 Å². The Balaban J connectivity index is 1.94. The number of nitrogens with two attached hydrogens (primary N) is 1. The second-order valence-electron chi connectivity index (χ2n) is 5.69. The van der Waals surface area contributed by atoms with Gasteiger partial charge in [0.15, 0.2) is 0 Å². The zero-order valence-electron chi connectivity index (χ0n) is 12.8. The Bertz CT molecular complexity index is 405. The van der Waals surface area contributed by atoms with Crippen LogP contribution in [0.25, 0.3) is 0 Å². The number of rotatable bonds is 6. The molecule has 114 valence electrons. The maximum absolute atomic E-state index is 5.74. The van der Waals surface area contributed by atoms with Gasteiger partial charge in [0.2, 0.25) is 0 Å². The predicted octanol–water partition coefficient (Wildman–Crippen LogP) is -0.692. The molecule has 1 aliphatic heterocycles. The summed E-state index contributed by atoms with van der Waals surface area (Å²) in [5, 5.41) is 4.21. The molecule has 0 spiro atoms. The largest absolute Gasteiger partial charge is 0.304 e. The molecule has 0 amide bonds. The zero-order valence-corrected chi connectivity index (χ0v) is 12.8. The molecule has 7 heteroatoms. The highest BCUT2D eigenvalue weighted by molar-refractivity contribution is 4.92. The van der Waals surface area contributed by atoms with Crippen molar-refractivity contribution in [1.82, 2.24) is 30.0 Å². The lowest BCUT2D eigenvalue weighted by molar-refractivity contribution is 0.101. The van der Waals surface area contributed by atoms with E-state index in [0.717, 1.165) is 44.8 Å². The van der Waals surface area contributed by atoms with Crippen molar-refractivity contribution in [3.63, 3.8) is 0 Å². The molecule has 0 bridgehead atoms. The molecule has 1 aliphatic rings. The van der Waals surface area contributed by atoms with Crippen molar-refractivity contribution < 1.29 is 0 Å². The third-order valence-electron chi connectivity index (χ3n) is 4.20. The van der Waals surface area contributed by atoms with Crippen molar-refractivity contribution in [3.05, 3.63) is 12.2 Å². The molecule has 1 fully saturated rings. The third kappa shape index (κ3) is 3.76.